The molecule has 0 saturated carbocycles. The predicted octanol–water partition coefficient (Wildman–Crippen LogP) is 4.78. The first-order valence-electron chi connectivity index (χ1n) is 11.1. The summed E-state index contributed by atoms with van der Waals surface area (Å²) in [7, 11) is 0. The maximum absolute atomic E-state index is 13.8. The second kappa shape index (κ2) is 14.0. The van der Waals surface area contributed by atoms with Gasteiger partial charge in [-0.1, -0.05) is 26.0 Å². The maximum atomic E-state index is 13.8. The molecular formula is C25H27F4N2O3S-. The number of carbonyl (C=O) groups excluding carboxylic acids is 1. The Kier molecular flexibility index (Phi) is 11.5. The Morgan fingerprint density at radius 1 is 0.914 bits per heavy atom. The Bertz CT molecular complexity index is 1120. The fraction of sp³-hybridized carbons (Fsp3) is 0.320. The first kappa shape index (κ1) is 28.6. The van der Waals surface area contributed by atoms with Crippen molar-refractivity contribution >= 4 is 29.2 Å². The molecule has 0 aliphatic heterocycles. The van der Waals surface area contributed by atoms with E-state index in [9.17, 15) is 31.1 Å². The van der Waals surface area contributed by atoms with Crippen LogP contribution in [0.5, 0.6) is 0 Å². The largest absolute Gasteiger partial charge is 0.760 e. The first-order chi connectivity index (χ1) is 16.6. The average Bonchev–Trinajstić information content (AvgIpc) is 2.82. The lowest BCUT2D eigenvalue weighted by Crippen LogP contribution is -2.25. The summed E-state index contributed by atoms with van der Waals surface area (Å²) in [5.41, 5.74) is 0.607. The molecule has 2 rings (SSSR count). The van der Waals surface area contributed by atoms with Crippen LogP contribution in [0.25, 0.3) is 12.2 Å². The van der Waals surface area contributed by atoms with E-state index in [0.29, 0.717) is 13.0 Å². The van der Waals surface area contributed by atoms with Crippen LogP contribution in [0, 0.1) is 23.3 Å². The second-order valence-electron chi connectivity index (χ2n) is 7.70. The summed E-state index contributed by atoms with van der Waals surface area (Å²) in [5, 5.41) is 0. The first-order valence-corrected chi connectivity index (χ1v) is 12.1. The van der Waals surface area contributed by atoms with Crippen LogP contribution in [0.3, 0.4) is 0 Å². The van der Waals surface area contributed by atoms with Crippen molar-refractivity contribution in [3.05, 3.63) is 81.9 Å². The van der Waals surface area contributed by atoms with Crippen molar-refractivity contribution in [1.82, 2.24) is 9.62 Å². The van der Waals surface area contributed by atoms with E-state index in [4.69, 9.17) is 0 Å². The van der Waals surface area contributed by atoms with Crippen LogP contribution in [0.15, 0.2) is 47.5 Å². The van der Waals surface area contributed by atoms with Gasteiger partial charge in [0.1, 0.15) is 0 Å². The molecule has 0 fully saturated rings. The van der Waals surface area contributed by atoms with Crippen molar-refractivity contribution in [2.24, 2.45) is 0 Å². The Balaban J connectivity index is 2.46. The standard InChI is InChI=1S/C25H28F4N2O3S/c1-3-31(4-2)11-5-6-19(12-17-7-9-21(26)23(28)14-17)25(32)20(16-30-35(33)34)13-18-8-10-22(27)24(29)15-18/h7-10,12-15,30H,3-6,11,16H2,1-2H3,(H,33,34)/p-1/b19-12+,20-13+. The number of rotatable bonds is 13. The zero-order valence-corrected chi connectivity index (χ0v) is 20.3. The lowest BCUT2D eigenvalue weighted by Gasteiger charge is -2.18. The molecule has 1 unspecified atom stereocenters. The van der Waals surface area contributed by atoms with Crippen molar-refractivity contribution in [3.8, 4) is 0 Å². The Morgan fingerprint density at radius 3 is 1.89 bits per heavy atom. The van der Waals surface area contributed by atoms with Crippen LogP contribution >= 0.6 is 0 Å². The summed E-state index contributed by atoms with van der Waals surface area (Å²) in [6, 6.07) is 6.25. The molecule has 0 aliphatic carbocycles. The van der Waals surface area contributed by atoms with E-state index in [1.165, 1.54) is 24.3 Å². The fourth-order valence-corrected chi connectivity index (χ4v) is 3.70. The van der Waals surface area contributed by atoms with Gasteiger partial charge in [0, 0.05) is 29.0 Å². The van der Waals surface area contributed by atoms with Crippen LogP contribution < -0.4 is 4.72 Å². The fourth-order valence-electron chi connectivity index (χ4n) is 3.43. The molecule has 0 saturated heterocycles. The number of allylic oxidation sites excluding steroid dienone is 1. The third-order valence-corrected chi connectivity index (χ3v) is 5.73. The number of halogens is 4. The third kappa shape index (κ3) is 9.14. The lowest BCUT2D eigenvalue weighted by molar-refractivity contribution is -0.112. The minimum Gasteiger partial charge on any atom is -0.760 e. The number of benzene rings is 2. The molecule has 0 heterocycles. The highest BCUT2D eigenvalue weighted by molar-refractivity contribution is 7.77. The SMILES string of the molecule is CCN(CC)CCC/C(=C\c1ccc(F)c(F)c1)C(=O)/C(=C/c1ccc(F)c(F)c1)CNS(=O)[O-]. The zero-order valence-electron chi connectivity index (χ0n) is 19.5. The molecule has 2 aromatic carbocycles. The van der Waals surface area contributed by atoms with E-state index in [1.54, 1.807) is 0 Å². The monoisotopic (exact) mass is 511 g/mol. The van der Waals surface area contributed by atoms with Gasteiger partial charge in [-0.3, -0.25) is 9.00 Å². The second-order valence-corrected chi connectivity index (χ2v) is 8.46. The van der Waals surface area contributed by atoms with Gasteiger partial charge in [0.25, 0.3) is 0 Å². The molecule has 1 atom stereocenters. The number of Topliss-reactive ketones (excluding diaryl/α,β-unsaturated/α-hetero) is 1. The van der Waals surface area contributed by atoms with Gasteiger partial charge in [0.2, 0.25) is 0 Å². The molecule has 5 nitrogen and oxygen atoms in total. The van der Waals surface area contributed by atoms with Crippen LogP contribution in [0.4, 0.5) is 17.6 Å². The number of hydrogen-bond donors (Lipinski definition) is 1. The number of hydrogen-bond acceptors (Lipinski definition) is 4. The van der Waals surface area contributed by atoms with Gasteiger partial charge in [0.05, 0.1) is 0 Å². The summed E-state index contributed by atoms with van der Waals surface area (Å²) in [6.07, 6.45) is 3.51. The van der Waals surface area contributed by atoms with E-state index in [1.807, 2.05) is 13.8 Å². The summed E-state index contributed by atoms with van der Waals surface area (Å²) in [6.45, 7) is 5.91. The minimum atomic E-state index is -2.68. The van der Waals surface area contributed by atoms with Crippen LogP contribution in [-0.4, -0.2) is 45.6 Å². The molecule has 190 valence electrons. The molecule has 2 aromatic rings. The van der Waals surface area contributed by atoms with Gasteiger partial charge in [0.15, 0.2) is 29.1 Å². The number of carbonyl (C=O) groups is 1. The predicted molar refractivity (Wildman–Crippen MR) is 128 cm³/mol. The molecule has 10 heteroatoms. The molecule has 0 spiro atoms. The molecule has 0 amide bonds. The minimum absolute atomic E-state index is 0.0307. The maximum Gasteiger partial charge on any atom is 0.186 e. The van der Waals surface area contributed by atoms with Gasteiger partial charge in [-0.15, -0.1) is 0 Å². The van der Waals surface area contributed by atoms with E-state index >= 15 is 0 Å². The van der Waals surface area contributed by atoms with E-state index in [2.05, 4.69) is 9.62 Å². The molecule has 1 N–H and O–H groups in total. The van der Waals surface area contributed by atoms with Crippen LogP contribution in [0.1, 0.15) is 37.8 Å². The van der Waals surface area contributed by atoms with Crippen molar-refractivity contribution in [1.29, 1.82) is 0 Å². The Hall–Kier alpha value is -2.66. The van der Waals surface area contributed by atoms with E-state index in [0.717, 1.165) is 37.4 Å². The summed E-state index contributed by atoms with van der Waals surface area (Å²) >= 11 is -2.68. The molecule has 0 radical (unpaired) electrons. The highest BCUT2D eigenvalue weighted by atomic mass is 32.2. The van der Waals surface area contributed by atoms with Crippen molar-refractivity contribution in [3.63, 3.8) is 0 Å². The highest BCUT2D eigenvalue weighted by Crippen LogP contribution is 2.21. The van der Waals surface area contributed by atoms with Gasteiger partial charge in [-0.05, 0) is 80.0 Å². The van der Waals surface area contributed by atoms with Gasteiger partial charge < -0.3 is 9.45 Å². The number of nitrogens with zero attached hydrogens (tertiary/aromatic N) is 1. The van der Waals surface area contributed by atoms with Gasteiger partial charge in [-0.2, -0.15) is 0 Å². The van der Waals surface area contributed by atoms with Crippen molar-refractivity contribution < 1.29 is 31.1 Å². The normalized spacial score (nSPS) is 13.4. The molecule has 0 aromatic heterocycles. The average molecular weight is 512 g/mol. The third-order valence-electron chi connectivity index (χ3n) is 5.35. The smallest absolute Gasteiger partial charge is 0.186 e. The number of ketones is 1. The van der Waals surface area contributed by atoms with Crippen LogP contribution in [0.2, 0.25) is 0 Å². The van der Waals surface area contributed by atoms with Gasteiger partial charge in [-0.25, -0.2) is 22.3 Å². The quantitative estimate of drug-likeness (QED) is 0.239. The van der Waals surface area contributed by atoms with E-state index < -0.39 is 46.9 Å². The summed E-state index contributed by atoms with van der Waals surface area (Å²) in [4.78, 5) is 15.6. The molecule has 35 heavy (non-hydrogen) atoms. The van der Waals surface area contributed by atoms with E-state index in [-0.39, 0.29) is 28.7 Å². The highest BCUT2D eigenvalue weighted by Gasteiger charge is 2.17. The lowest BCUT2D eigenvalue weighted by atomic mass is 9.95. The Labute approximate surface area is 204 Å². The van der Waals surface area contributed by atoms with Crippen molar-refractivity contribution in [2.75, 3.05) is 26.2 Å². The molecule has 0 bridgehead atoms. The zero-order chi connectivity index (χ0) is 26.0. The van der Waals surface area contributed by atoms with Crippen molar-refractivity contribution in [2.45, 2.75) is 26.7 Å². The number of nitrogens with one attached hydrogen (secondary N) is 1. The molecule has 0 aliphatic rings. The molecular weight excluding hydrogens is 484 g/mol. The van der Waals surface area contributed by atoms with Gasteiger partial charge >= 0.3 is 0 Å². The topological polar surface area (TPSA) is 72.5 Å². The van der Waals surface area contributed by atoms with Crippen LogP contribution in [-0.2, 0) is 16.1 Å². The summed E-state index contributed by atoms with van der Waals surface area (Å²) < 4.78 is 78.4. The summed E-state index contributed by atoms with van der Waals surface area (Å²) in [5.74, 6) is -4.85. The Morgan fingerprint density at radius 2 is 1.43 bits per heavy atom.